The number of nitrogens with zero attached hydrogens (tertiary/aromatic N) is 1. The fraction of sp³-hybridized carbons (Fsp3) is 0.300. The third-order valence-electron chi connectivity index (χ3n) is 2.03. The molecule has 0 saturated carbocycles. The molecular weight excluding hydrogens is 310 g/mol. The van der Waals surface area contributed by atoms with Crippen LogP contribution in [0.1, 0.15) is 10.4 Å². The summed E-state index contributed by atoms with van der Waals surface area (Å²) in [7, 11) is 1.46. The van der Waals surface area contributed by atoms with Gasteiger partial charge in [0, 0.05) is 7.11 Å². The van der Waals surface area contributed by atoms with Crippen LogP contribution in [0.5, 0.6) is 5.75 Å². The van der Waals surface area contributed by atoms with Gasteiger partial charge >= 0.3 is 11.7 Å². The zero-order chi connectivity index (χ0) is 13.7. The van der Waals surface area contributed by atoms with E-state index in [0.717, 1.165) is 6.07 Å². The van der Waals surface area contributed by atoms with E-state index in [4.69, 9.17) is 14.6 Å². The number of carbonyl (C=O) groups is 1. The molecule has 0 aliphatic carbocycles. The minimum atomic E-state index is -1.38. The summed E-state index contributed by atoms with van der Waals surface area (Å²) in [4.78, 5) is 21.1. The number of nitro benzene ring substituents is 1. The Balaban J connectivity index is 3.23. The summed E-state index contributed by atoms with van der Waals surface area (Å²) >= 11 is 3.09. The second-order valence-corrected chi connectivity index (χ2v) is 4.03. The van der Waals surface area contributed by atoms with Crippen LogP contribution >= 0.6 is 15.9 Å². The number of hydrogen-bond donors (Lipinski definition) is 1. The van der Waals surface area contributed by atoms with Crippen LogP contribution in [0.4, 0.5) is 5.69 Å². The molecule has 0 aromatic heterocycles. The highest BCUT2D eigenvalue weighted by molar-refractivity contribution is 9.10. The molecule has 8 heteroatoms. The van der Waals surface area contributed by atoms with Gasteiger partial charge in [-0.15, -0.1) is 0 Å². The first-order chi connectivity index (χ1) is 8.49. The summed E-state index contributed by atoms with van der Waals surface area (Å²) in [6.07, 6.45) is 0. The van der Waals surface area contributed by atoms with E-state index in [1.807, 2.05) is 0 Å². The molecule has 0 aliphatic heterocycles. The van der Waals surface area contributed by atoms with E-state index in [9.17, 15) is 14.9 Å². The Bertz CT molecular complexity index is 476. The largest absolute Gasteiger partial charge is 0.484 e. The zero-order valence-electron chi connectivity index (χ0n) is 9.38. The molecule has 98 valence electrons. The van der Waals surface area contributed by atoms with Gasteiger partial charge in [0.05, 0.1) is 16.0 Å². The Morgan fingerprint density at radius 2 is 2.17 bits per heavy atom. The van der Waals surface area contributed by atoms with E-state index in [1.165, 1.54) is 13.2 Å². The Labute approximate surface area is 111 Å². The van der Waals surface area contributed by atoms with Crippen molar-refractivity contribution >= 4 is 27.6 Å². The van der Waals surface area contributed by atoms with Crippen LogP contribution in [0.15, 0.2) is 16.6 Å². The number of aromatic carboxylic acids is 1. The number of nitro groups is 1. The average Bonchev–Trinajstić information content (AvgIpc) is 2.30. The fourth-order valence-corrected chi connectivity index (χ4v) is 1.70. The molecule has 0 unspecified atom stereocenters. The Kier molecular flexibility index (Phi) is 5.05. The quantitative estimate of drug-likeness (QED) is 0.489. The van der Waals surface area contributed by atoms with E-state index in [2.05, 4.69) is 15.9 Å². The zero-order valence-corrected chi connectivity index (χ0v) is 11.0. The molecule has 0 fully saturated rings. The van der Waals surface area contributed by atoms with Crippen molar-refractivity contribution in [3.05, 3.63) is 32.3 Å². The van der Waals surface area contributed by atoms with Crippen molar-refractivity contribution in [1.29, 1.82) is 0 Å². The molecule has 18 heavy (non-hydrogen) atoms. The summed E-state index contributed by atoms with van der Waals surface area (Å²) in [5.41, 5.74) is -0.997. The van der Waals surface area contributed by atoms with Crippen LogP contribution in [0, 0.1) is 10.1 Å². The van der Waals surface area contributed by atoms with Gasteiger partial charge in [0.15, 0.2) is 0 Å². The average molecular weight is 320 g/mol. The molecule has 0 bridgehead atoms. The van der Waals surface area contributed by atoms with Gasteiger partial charge in [-0.05, 0) is 28.1 Å². The van der Waals surface area contributed by atoms with Gasteiger partial charge in [-0.2, -0.15) is 0 Å². The standard InChI is InChI=1S/C10H10BrNO6/c1-17-4-5-18-9-7(11)3-2-6(10(13)14)8(9)12(15)16/h2-3H,4-5H2,1H3,(H,13,14). The van der Waals surface area contributed by atoms with Gasteiger partial charge in [-0.25, -0.2) is 4.79 Å². The number of carboxylic acid groups (broad SMARTS) is 1. The lowest BCUT2D eigenvalue weighted by molar-refractivity contribution is -0.386. The molecule has 0 spiro atoms. The van der Waals surface area contributed by atoms with Crippen molar-refractivity contribution in [2.75, 3.05) is 20.3 Å². The minimum absolute atomic E-state index is 0.0824. The van der Waals surface area contributed by atoms with E-state index in [0.29, 0.717) is 4.47 Å². The number of benzene rings is 1. The summed E-state index contributed by atoms with van der Waals surface area (Å²) in [6.45, 7) is 0.319. The molecule has 0 radical (unpaired) electrons. The minimum Gasteiger partial charge on any atom is -0.484 e. The van der Waals surface area contributed by atoms with E-state index < -0.39 is 22.1 Å². The Morgan fingerprint density at radius 3 is 2.67 bits per heavy atom. The molecule has 1 N–H and O–H groups in total. The lowest BCUT2D eigenvalue weighted by Crippen LogP contribution is -2.09. The van der Waals surface area contributed by atoms with E-state index in [1.54, 1.807) is 0 Å². The van der Waals surface area contributed by atoms with Crippen molar-refractivity contribution in [2.24, 2.45) is 0 Å². The number of rotatable bonds is 6. The first kappa shape index (κ1) is 14.4. The maximum atomic E-state index is 10.9. The molecule has 1 aromatic rings. The van der Waals surface area contributed by atoms with Crippen LogP contribution in [0.3, 0.4) is 0 Å². The maximum Gasteiger partial charge on any atom is 0.342 e. The highest BCUT2D eigenvalue weighted by Crippen LogP contribution is 2.37. The van der Waals surface area contributed by atoms with Crippen LogP contribution in [-0.2, 0) is 4.74 Å². The highest BCUT2D eigenvalue weighted by Gasteiger charge is 2.27. The number of ether oxygens (including phenoxy) is 2. The van der Waals surface area contributed by atoms with Crippen molar-refractivity contribution in [3.63, 3.8) is 0 Å². The normalized spacial score (nSPS) is 10.1. The number of hydrogen-bond acceptors (Lipinski definition) is 5. The second-order valence-electron chi connectivity index (χ2n) is 3.18. The monoisotopic (exact) mass is 319 g/mol. The number of halogens is 1. The summed E-state index contributed by atoms with van der Waals surface area (Å²) in [6, 6.07) is 2.53. The third kappa shape index (κ3) is 3.17. The van der Waals surface area contributed by atoms with Gasteiger partial charge in [0.1, 0.15) is 12.2 Å². The van der Waals surface area contributed by atoms with Gasteiger partial charge in [-0.1, -0.05) is 0 Å². The first-order valence-corrected chi connectivity index (χ1v) is 5.60. The van der Waals surface area contributed by atoms with Crippen LogP contribution in [0.25, 0.3) is 0 Å². The first-order valence-electron chi connectivity index (χ1n) is 4.81. The summed E-state index contributed by atoms with van der Waals surface area (Å²) < 4.78 is 10.3. The lowest BCUT2D eigenvalue weighted by atomic mass is 10.1. The smallest absolute Gasteiger partial charge is 0.342 e. The number of carboxylic acids is 1. The predicted molar refractivity (Wildman–Crippen MR) is 65.1 cm³/mol. The summed E-state index contributed by atoms with van der Waals surface area (Å²) in [5, 5.41) is 19.8. The predicted octanol–water partition coefficient (Wildman–Crippen LogP) is 2.08. The van der Waals surface area contributed by atoms with Crippen molar-refractivity contribution < 1.29 is 24.3 Å². The molecule has 1 rings (SSSR count). The van der Waals surface area contributed by atoms with E-state index >= 15 is 0 Å². The number of methoxy groups -OCH3 is 1. The van der Waals surface area contributed by atoms with Gasteiger partial charge < -0.3 is 14.6 Å². The molecule has 0 amide bonds. The SMILES string of the molecule is COCCOc1c(Br)ccc(C(=O)O)c1[N+](=O)[O-]. The van der Waals surface area contributed by atoms with Crippen molar-refractivity contribution in [3.8, 4) is 5.75 Å². The molecule has 0 atom stereocenters. The molecular formula is C10H10BrNO6. The van der Waals surface area contributed by atoms with Gasteiger partial charge in [0.2, 0.25) is 5.75 Å². The van der Waals surface area contributed by atoms with Crippen molar-refractivity contribution in [2.45, 2.75) is 0 Å². The van der Waals surface area contributed by atoms with Crippen LogP contribution in [-0.4, -0.2) is 36.3 Å². The molecule has 0 aliphatic rings. The Morgan fingerprint density at radius 1 is 1.50 bits per heavy atom. The maximum absolute atomic E-state index is 10.9. The summed E-state index contributed by atoms with van der Waals surface area (Å²) in [5.74, 6) is -1.50. The molecule has 7 nitrogen and oxygen atoms in total. The van der Waals surface area contributed by atoms with Gasteiger partial charge in [-0.3, -0.25) is 10.1 Å². The molecule has 0 heterocycles. The third-order valence-corrected chi connectivity index (χ3v) is 2.65. The second kappa shape index (κ2) is 6.31. The van der Waals surface area contributed by atoms with Gasteiger partial charge in [0.25, 0.3) is 0 Å². The van der Waals surface area contributed by atoms with Crippen LogP contribution in [0.2, 0.25) is 0 Å². The van der Waals surface area contributed by atoms with Crippen molar-refractivity contribution in [1.82, 2.24) is 0 Å². The topological polar surface area (TPSA) is 98.9 Å². The highest BCUT2D eigenvalue weighted by atomic mass is 79.9. The lowest BCUT2D eigenvalue weighted by Gasteiger charge is -2.09. The fourth-order valence-electron chi connectivity index (χ4n) is 1.26. The van der Waals surface area contributed by atoms with E-state index in [-0.39, 0.29) is 19.0 Å². The van der Waals surface area contributed by atoms with Crippen LogP contribution < -0.4 is 4.74 Å². The molecule has 0 saturated heterocycles. The molecule has 1 aromatic carbocycles. The Hall–Kier alpha value is -1.67.